The lowest BCUT2D eigenvalue weighted by molar-refractivity contribution is -0.0926. The summed E-state index contributed by atoms with van der Waals surface area (Å²) in [6.45, 7) is 3.37. The van der Waals surface area contributed by atoms with Gasteiger partial charge in [0.1, 0.15) is 11.9 Å². The molecule has 3 saturated heterocycles. The second-order valence-corrected chi connectivity index (χ2v) is 11.9. The van der Waals surface area contributed by atoms with Gasteiger partial charge in [-0.25, -0.2) is 18.7 Å². The number of anilines is 1. The SMILES string of the molecule is CCOc1nc(N)nc2c1ncn2[C@@H]1O[C@H](CO[P@@]2(=O)OCC[C@@H](c3cc(Br)ccc3F)O2)[C@H]2OC(=O)O[C@]21C. The van der Waals surface area contributed by atoms with Crippen LogP contribution in [0.5, 0.6) is 5.88 Å². The molecular formula is C23H24BrFN5O9P. The summed E-state index contributed by atoms with van der Waals surface area (Å²) in [7, 11) is -4.15. The summed E-state index contributed by atoms with van der Waals surface area (Å²) in [5.74, 6) is -0.388. The third-order valence-corrected chi connectivity index (χ3v) is 8.72. The molecule has 40 heavy (non-hydrogen) atoms. The van der Waals surface area contributed by atoms with E-state index < -0.39 is 49.9 Å². The van der Waals surface area contributed by atoms with Crippen LogP contribution in [0, 0.1) is 5.82 Å². The summed E-state index contributed by atoms with van der Waals surface area (Å²) in [6.07, 6.45) is -3.03. The fourth-order valence-corrected chi connectivity index (χ4v) is 6.76. The van der Waals surface area contributed by atoms with E-state index in [2.05, 4.69) is 30.9 Å². The molecular weight excluding hydrogens is 620 g/mol. The van der Waals surface area contributed by atoms with E-state index in [0.29, 0.717) is 16.6 Å². The average Bonchev–Trinajstić information content (AvgIpc) is 3.53. The monoisotopic (exact) mass is 643 g/mol. The lowest BCUT2D eigenvalue weighted by Gasteiger charge is -2.30. The zero-order valence-electron chi connectivity index (χ0n) is 21.2. The first kappa shape index (κ1) is 27.3. The van der Waals surface area contributed by atoms with Gasteiger partial charge < -0.3 is 24.7 Å². The lowest BCUT2D eigenvalue weighted by atomic mass is 9.96. The first-order valence-electron chi connectivity index (χ1n) is 12.3. The van der Waals surface area contributed by atoms with E-state index in [1.54, 1.807) is 26.0 Å². The highest BCUT2D eigenvalue weighted by Crippen LogP contribution is 2.58. The van der Waals surface area contributed by atoms with Crippen LogP contribution in [0.15, 0.2) is 29.0 Å². The number of hydrogen-bond donors (Lipinski definition) is 1. The molecule has 0 saturated carbocycles. The number of ether oxygens (including phenoxy) is 4. The highest BCUT2D eigenvalue weighted by Gasteiger charge is 2.64. The summed E-state index contributed by atoms with van der Waals surface area (Å²) in [5, 5.41) is 0. The summed E-state index contributed by atoms with van der Waals surface area (Å²) < 4.78 is 69.2. The van der Waals surface area contributed by atoms with Gasteiger partial charge in [0.15, 0.2) is 29.1 Å². The molecule has 14 nitrogen and oxygen atoms in total. The van der Waals surface area contributed by atoms with Crippen LogP contribution in [0.25, 0.3) is 11.2 Å². The largest absolute Gasteiger partial charge is 0.509 e. The molecule has 0 radical (unpaired) electrons. The van der Waals surface area contributed by atoms with Gasteiger partial charge >= 0.3 is 14.0 Å². The number of benzene rings is 1. The fraction of sp³-hybridized carbons (Fsp3) is 0.478. The number of phosphoric acid groups is 1. The first-order chi connectivity index (χ1) is 19.1. The maximum atomic E-state index is 14.5. The Morgan fingerprint density at radius 3 is 2.98 bits per heavy atom. The van der Waals surface area contributed by atoms with Crippen molar-refractivity contribution >= 4 is 47.0 Å². The fourth-order valence-electron chi connectivity index (χ4n) is 4.99. The number of imidazole rings is 1. The van der Waals surface area contributed by atoms with Crippen molar-refractivity contribution in [2.45, 2.75) is 50.4 Å². The predicted octanol–water partition coefficient (Wildman–Crippen LogP) is 4.20. The van der Waals surface area contributed by atoms with Crippen LogP contribution in [-0.2, 0) is 32.3 Å². The minimum Gasteiger partial charge on any atom is -0.476 e. The number of nitrogens with zero attached hydrogens (tertiary/aromatic N) is 4. The second kappa shape index (κ2) is 10.2. The van der Waals surface area contributed by atoms with Gasteiger partial charge in [0.25, 0.3) is 0 Å². The van der Waals surface area contributed by atoms with Gasteiger partial charge in [0.05, 0.1) is 32.3 Å². The van der Waals surface area contributed by atoms with Crippen LogP contribution in [0.4, 0.5) is 15.1 Å². The number of aromatic nitrogens is 4. The number of halogens is 2. The minimum atomic E-state index is -4.15. The first-order valence-corrected chi connectivity index (χ1v) is 14.6. The summed E-state index contributed by atoms with van der Waals surface area (Å²) in [5.41, 5.74) is 5.34. The third kappa shape index (κ3) is 4.72. The molecule has 2 N–H and O–H groups in total. The summed E-state index contributed by atoms with van der Waals surface area (Å²) >= 11 is 3.30. The molecule has 3 aromatic rings. The molecule has 3 aliphatic heterocycles. The Hall–Kier alpha value is -2.88. The van der Waals surface area contributed by atoms with E-state index in [9.17, 15) is 13.8 Å². The molecule has 6 atom stereocenters. The zero-order chi connectivity index (χ0) is 28.2. The normalized spacial score (nSPS) is 31.6. The van der Waals surface area contributed by atoms with Crippen molar-refractivity contribution in [3.05, 3.63) is 40.4 Å². The smallest absolute Gasteiger partial charge is 0.476 e. The number of nitrogen functional groups attached to an aromatic ring is 1. The van der Waals surface area contributed by atoms with Crippen molar-refractivity contribution in [2.24, 2.45) is 0 Å². The van der Waals surface area contributed by atoms with Crippen molar-refractivity contribution < 1.29 is 46.3 Å². The molecule has 0 amide bonds. The van der Waals surface area contributed by atoms with Gasteiger partial charge in [0, 0.05) is 16.5 Å². The number of fused-ring (bicyclic) bond motifs is 2. The third-order valence-electron chi connectivity index (χ3n) is 6.75. The van der Waals surface area contributed by atoms with E-state index in [1.165, 1.54) is 17.0 Å². The number of phosphoric ester groups is 1. The highest BCUT2D eigenvalue weighted by atomic mass is 79.9. The minimum absolute atomic E-state index is 0.00556. The van der Waals surface area contributed by atoms with Crippen LogP contribution >= 0.6 is 23.8 Å². The molecule has 6 rings (SSSR count). The van der Waals surface area contributed by atoms with E-state index in [-0.39, 0.29) is 42.7 Å². The topological polar surface area (TPSA) is 168 Å². The predicted molar refractivity (Wildman–Crippen MR) is 137 cm³/mol. The van der Waals surface area contributed by atoms with Gasteiger partial charge in [-0.15, -0.1) is 0 Å². The molecule has 5 heterocycles. The van der Waals surface area contributed by atoms with Crippen molar-refractivity contribution in [1.29, 1.82) is 0 Å². The quantitative estimate of drug-likeness (QED) is 0.287. The van der Waals surface area contributed by atoms with Crippen molar-refractivity contribution in [3.63, 3.8) is 0 Å². The van der Waals surface area contributed by atoms with Crippen LogP contribution in [0.3, 0.4) is 0 Å². The Labute approximate surface area is 234 Å². The number of hydrogen-bond acceptors (Lipinski definition) is 13. The van der Waals surface area contributed by atoms with Crippen molar-refractivity contribution in [1.82, 2.24) is 19.5 Å². The zero-order valence-corrected chi connectivity index (χ0v) is 23.7. The average molecular weight is 644 g/mol. The van der Waals surface area contributed by atoms with Crippen LogP contribution in [-0.4, -0.2) is 63.3 Å². The molecule has 17 heteroatoms. The number of carbonyl (C=O) groups is 1. The number of nitrogens with two attached hydrogens (primary N) is 1. The van der Waals surface area contributed by atoms with Crippen molar-refractivity contribution in [2.75, 3.05) is 25.6 Å². The van der Waals surface area contributed by atoms with Gasteiger partial charge in [-0.05, 0) is 32.0 Å². The molecule has 2 aromatic heterocycles. The molecule has 0 unspecified atom stereocenters. The van der Waals surface area contributed by atoms with Crippen LogP contribution in [0.1, 0.15) is 38.2 Å². The van der Waals surface area contributed by atoms with Crippen LogP contribution in [0.2, 0.25) is 0 Å². The van der Waals surface area contributed by atoms with Gasteiger partial charge in [0.2, 0.25) is 11.8 Å². The maximum absolute atomic E-state index is 14.5. The van der Waals surface area contributed by atoms with Gasteiger partial charge in [-0.1, -0.05) is 15.9 Å². The van der Waals surface area contributed by atoms with Gasteiger partial charge in [-0.3, -0.25) is 18.1 Å². The summed E-state index contributed by atoms with van der Waals surface area (Å²) in [6, 6.07) is 4.37. The molecule has 0 aliphatic carbocycles. The Morgan fingerprint density at radius 1 is 1.35 bits per heavy atom. The van der Waals surface area contributed by atoms with Crippen molar-refractivity contribution in [3.8, 4) is 5.88 Å². The molecule has 3 aliphatic rings. The van der Waals surface area contributed by atoms with Gasteiger partial charge in [-0.2, -0.15) is 9.97 Å². The highest BCUT2D eigenvalue weighted by molar-refractivity contribution is 9.10. The Kier molecular flexibility index (Phi) is 6.95. The maximum Gasteiger partial charge on any atom is 0.509 e. The number of rotatable bonds is 7. The van der Waals surface area contributed by atoms with E-state index in [1.807, 2.05) is 0 Å². The van der Waals surface area contributed by atoms with E-state index in [0.717, 1.165) is 0 Å². The standard InChI is InChI=1S/C23H24BrFN5O9P/c1-3-33-19-16-18(28-21(26)29-19)30(10-27-16)20-23(2)17(37-22(31)38-23)15(36-20)9-35-40(32)34-7-6-14(39-40)12-8-11(24)4-5-13(12)25/h4-5,8,10,14-15,17,20H,3,6-7,9H2,1-2H3,(H2,26,28,29)/t14-,15+,17+,20+,23+,40+/m0/s1. The lowest BCUT2D eigenvalue weighted by Crippen LogP contribution is -2.42. The molecule has 3 fully saturated rings. The Morgan fingerprint density at radius 2 is 2.17 bits per heavy atom. The molecule has 1 aromatic carbocycles. The van der Waals surface area contributed by atoms with E-state index >= 15 is 0 Å². The molecule has 0 bridgehead atoms. The molecule has 0 spiro atoms. The number of carbonyl (C=O) groups excluding carboxylic acids is 1. The van der Waals surface area contributed by atoms with Crippen LogP contribution < -0.4 is 10.5 Å². The Balaban J connectivity index is 1.24. The molecule has 214 valence electrons. The van der Waals surface area contributed by atoms with E-state index in [4.69, 9.17) is 38.3 Å². The Bertz CT molecular complexity index is 1530. The summed E-state index contributed by atoms with van der Waals surface area (Å²) in [4.78, 5) is 24.9. The second-order valence-electron chi connectivity index (χ2n) is 9.37.